The number of alkyl halides is 3. The Kier molecular flexibility index (Phi) is 6.79. The largest absolute Gasteiger partial charge is 0.462 e. The van der Waals surface area contributed by atoms with E-state index in [-0.39, 0.29) is 43.4 Å². The second kappa shape index (κ2) is 9.09. The van der Waals surface area contributed by atoms with Gasteiger partial charge in [0.25, 0.3) is 11.8 Å². The number of carbonyl (C=O) groups is 3. The molecule has 3 rings (SSSR count). The van der Waals surface area contributed by atoms with Crippen LogP contribution in [0.4, 0.5) is 18.2 Å². The topological polar surface area (TPSA) is 129 Å². The van der Waals surface area contributed by atoms with E-state index in [1.54, 1.807) is 6.92 Å². The van der Waals surface area contributed by atoms with Crippen molar-refractivity contribution in [1.82, 2.24) is 14.6 Å². The fourth-order valence-electron chi connectivity index (χ4n) is 2.97. The summed E-state index contributed by atoms with van der Waals surface area (Å²) >= 11 is 3.84. The van der Waals surface area contributed by atoms with Gasteiger partial charge in [-0.05, 0) is 47.8 Å². The molecule has 0 aliphatic rings. The summed E-state index contributed by atoms with van der Waals surface area (Å²) in [5.74, 6) is -2.52. The van der Waals surface area contributed by atoms with Crippen molar-refractivity contribution in [2.24, 2.45) is 5.73 Å². The van der Waals surface area contributed by atoms with Crippen LogP contribution < -0.4 is 11.1 Å². The second-order valence-electron chi connectivity index (χ2n) is 6.89. The first kappa shape index (κ1) is 24.6. The first-order chi connectivity index (χ1) is 15.4. The highest BCUT2D eigenvalue weighted by Gasteiger charge is 2.36. The van der Waals surface area contributed by atoms with Crippen molar-refractivity contribution < 1.29 is 32.3 Å². The summed E-state index contributed by atoms with van der Waals surface area (Å²) in [5, 5.41) is 6.16. The maximum atomic E-state index is 13.5. The number of hydrogen-bond donors (Lipinski definition) is 2. The molecule has 33 heavy (non-hydrogen) atoms. The summed E-state index contributed by atoms with van der Waals surface area (Å²) in [4.78, 5) is 41.3. The molecule has 0 aliphatic heterocycles. The number of nitrogens with two attached hydrogens (primary N) is 1. The lowest BCUT2D eigenvalue weighted by Crippen LogP contribution is -2.17. The number of amides is 2. The fraction of sp³-hybridized carbons (Fsp3) is 0.316. The van der Waals surface area contributed by atoms with E-state index in [1.165, 1.54) is 13.8 Å². The molecule has 0 aliphatic carbocycles. The average molecular weight is 548 g/mol. The Labute approximate surface area is 197 Å². The Balaban J connectivity index is 2.08. The molecule has 3 aromatic heterocycles. The molecule has 0 unspecified atom stereocenters. The third-order valence-electron chi connectivity index (χ3n) is 4.41. The average Bonchev–Trinajstić information content (AvgIpc) is 3.22. The lowest BCUT2D eigenvalue weighted by Gasteiger charge is -2.09. The monoisotopic (exact) mass is 547 g/mol. The van der Waals surface area contributed by atoms with Gasteiger partial charge in [-0.1, -0.05) is 6.92 Å². The highest BCUT2D eigenvalue weighted by atomic mass is 79.9. The van der Waals surface area contributed by atoms with E-state index in [1.807, 2.05) is 0 Å². The second-order valence-corrected chi connectivity index (χ2v) is 8.71. The van der Waals surface area contributed by atoms with Gasteiger partial charge in [0.1, 0.15) is 10.7 Å². The first-order valence-electron chi connectivity index (χ1n) is 9.41. The summed E-state index contributed by atoms with van der Waals surface area (Å²) in [7, 11) is 0. The van der Waals surface area contributed by atoms with Crippen molar-refractivity contribution in [3.63, 3.8) is 0 Å². The number of fused-ring (bicyclic) bond motifs is 1. The molecule has 9 nitrogen and oxygen atoms in total. The number of thiophene rings is 1. The van der Waals surface area contributed by atoms with Crippen LogP contribution in [0.2, 0.25) is 0 Å². The molecule has 0 saturated carbocycles. The van der Waals surface area contributed by atoms with E-state index in [0.717, 1.165) is 17.4 Å². The number of halogens is 4. The van der Waals surface area contributed by atoms with E-state index in [9.17, 15) is 27.6 Å². The lowest BCUT2D eigenvalue weighted by molar-refractivity contribution is -0.142. The zero-order chi connectivity index (χ0) is 24.7. The van der Waals surface area contributed by atoms with Crippen LogP contribution in [-0.4, -0.2) is 39.0 Å². The van der Waals surface area contributed by atoms with Gasteiger partial charge in [-0.3, -0.25) is 9.59 Å². The van der Waals surface area contributed by atoms with Gasteiger partial charge >= 0.3 is 12.1 Å². The Morgan fingerprint density at radius 3 is 2.55 bits per heavy atom. The lowest BCUT2D eigenvalue weighted by atomic mass is 10.1. The van der Waals surface area contributed by atoms with Crippen LogP contribution in [0, 0.1) is 13.8 Å². The zero-order valence-corrected chi connectivity index (χ0v) is 19.9. The number of aromatic nitrogens is 3. The molecule has 3 N–H and O–H groups in total. The fourth-order valence-corrected chi connectivity index (χ4v) is 4.53. The van der Waals surface area contributed by atoms with E-state index in [2.05, 4.69) is 31.3 Å². The minimum absolute atomic E-state index is 0.0273. The molecular weight excluding hydrogens is 531 g/mol. The molecule has 0 radical (unpaired) electrons. The van der Waals surface area contributed by atoms with Gasteiger partial charge in [-0.2, -0.15) is 18.3 Å². The van der Waals surface area contributed by atoms with Gasteiger partial charge in [0.15, 0.2) is 11.3 Å². The number of anilines is 1. The predicted octanol–water partition coefficient (Wildman–Crippen LogP) is 4.11. The SMILES string of the molecule is CCCOC(=O)c1c(NC(=O)c2nn3c(C(F)(F)F)cc(C)nc3c2Br)sc(C(N)=O)c1C. The summed E-state index contributed by atoms with van der Waals surface area (Å²) in [6.07, 6.45) is -4.20. The molecule has 0 fully saturated rings. The number of esters is 1. The van der Waals surface area contributed by atoms with Crippen molar-refractivity contribution in [2.75, 3.05) is 11.9 Å². The normalized spacial score (nSPS) is 11.6. The van der Waals surface area contributed by atoms with Crippen molar-refractivity contribution in [3.05, 3.63) is 43.6 Å². The zero-order valence-electron chi connectivity index (χ0n) is 17.5. The number of nitrogens with zero attached hydrogens (tertiary/aromatic N) is 3. The van der Waals surface area contributed by atoms with Crippen LogP contribution in [0.25, 0.3) is 5.65 Å². The van der Waals surface area contributed by atoms with Gasteiger partial charge in [0.2, 0.25) is 0 Å². The van der Waals surface area contributed by atoms with Gasteiger partial charge in [0, 0.05) is 5.69 Å². The number of aryl methyl sites for hydroxylation is 1. The molecule has 0 spiro atoms. The van der Waals surface area contributed by atoms with E-state index in [4.69, 9.17) is 10.5 Å². The van der Waals surface area contributed by atoms with Crippen molar-refractivity contribution in [1.29, 1.82) is 0 Å². The number of ether oxygens (including phenoxy) is 1. The highest BCUT2D eigenvalue weighted by Crippen LogP contribution is 2.35. The standard InChI is InChI=1S/C19H17BrF3N5O4S/c1-4-5-32-18(31)10-8(3)13(14(24)29)33-17(10)26-16(30)12-11(20)15-25-7(2)6-9(19(21,22)23)28(15)27-12/h6H,4-5H2,1-3H3,(H2,24,29)(H,26,30). The molecule has 0 aromatic carbocycles. The molecule has 0 bridgehead atoms. The minimum atomic E-state index is -4.75. The van der Waals surface area contributed by atoms with Crippen molar-refractivity contribution in [2.45, 2.75) is 33.4 Å². The van der Waals surface area contributed by atoms with Crippen LogP contribution >= 0.6 is 27.3 Å². The minimum Gasteiger partial charge on any atom is -0.462 e. The summed E-state index contributed by atoms with van der Waals surface area (Å²) in [6.45, 7) is 4.74. The predicted molar refractivity (Wildman–Crippen MR) is 117 cm³/mol. The van der Waals surface area contributed by atoms with Gasteiger partial charge in [0.05, 0.1) is 21.5 Å². The van der Waals surface area contributed by atoms with Crippen LogP contribution in [0.3, 0.4) is 0 Å². The van der Waals surface area contributed by atoms with Crippen LogP contribution in [0.1, 0.15) is 60.8 Å². The molecule has 176 valence electrons. The molecule has 0 saturated heterocycles. The number of hydrogen-bond acceptors (Lipinski definition) is 7. The molecule has 0 atom stereocenters. The number of primary amides is 1. The Hall–Kier alpha value is -3.00. The third-order valence-corrected chi connectivity index (χ3v) is 6.36. The summed E-state index contributed by atoms with van der Waals surface area (Å²) in [5.41, 5.74) is 3.84. The van der Waals surface area contributed by atoms with Crippen molar-refractivity contribution >= 4 is 55.7 Å². The summed E-state index contributed by atoms with van der Waals surface area (Å²) in [6, 6.07) is 0.803. The van der Waals surface area contributed by atoms with Crippen molar-refractivity contribution in [3.8, 4) is 0 Å². The number of nitrogens with one attached hydrogen (secondary N) is 1. The number of carbonyl (C=O) groups excluding carboxylic acids is 3. The van der Waals surface area contributed by atoms with E-state index in [0.29, 0.717) is 10.9 Å². The highest BCUT2D eigenvalue weighted by molar-refractivity contribution is 9.10. The maximum Gasteiger partial charge on any atom is 0.433 e. The van der Waals surface area contributed by atoms with Crippen LogP contribution in [0.15, 0.2) is 10.5 Å². The third kappa shape index (κ3) is 4.71. The van der Waals surface area contributed by atoms with Crippen LogP contribution in [-0.2, 0) is 10.9 Å². The molecule has 3 aromatic rings. The Morgan fingerprint density at radius 2 is 1.97 bits per heavy atom. The number of rotatable bonds is 6. The molecule has 14 heteroatoms. The maximum absolute atomic E-state index is 13.5. The smallest absolute Gasteiger partial charge is 0.433 e. The van der Waals surface area contributed by atoms with Gasteiger partial charge < -0.3 is 15.8 Å². The Bertz CT molecular complexity index is 1280. The molecule has 2 amide bonds. The quantitative estimate of drug-likeness (QED) is 0.447. The first-order valence-corrected chi connectivity index (χ1v) is 11.0. The Morgan fingerprint density at radius 1 is 1.30 bits per heavy atom. The van der Waals surface area contributed by atoms with Crippen LogP contribution in [0.5, 0.6) is 0 Å². The molecular formula is C19H17BrF3N5O4S. The van der Waals surface area contributed by atoms with Gasteiger partial charge in [-0.25, -0.2) is 14.3 Å². The van der Waals surface area contributed by atoms with Gasteiger partial charge in [-0.15, -0.1) is 11.3 Å². The van der Waals surface area contributed by atoms with E-state index >= 15 is 0 Å². The summed E-state index contributed by atoms with van der Waals surface area (Å²) < 4.78 is 45.9. The van der Waals surface area contributed by atoms with E-state index < -0.39 is 35.3 Å². The molecule has 3 heterocycles.